The molecule has 0 bridgehead atoms. The van der Waals surface area contributed by atoms with E-state index in [1.165, 1.54) is 23.1 Å². The van der Waals surface area contributed by atoms with Crippen LogP contribution in [0.4, 0.5) is 5.13 Å². The average molecular weight is 386 g/mol. The number of likely N-dealkylation sites (tertiary alicyclic amines) is 1. The fourth-order valence-electron chi connectivity index (χ4n) is 2.53. The molecule has 1 aliphatic rings. The first-order valence-corrected chi connectivity index (χ1v) is 10.2. The number of nitrogens with one attached hydrogen (secondary N) is 1. The van der Waals surface area contributed by atoms with Gasteiger partial charge in [-0.2, -0.15) is 0 Å². The molecule has 0 saturated carbocycles. The lowest BCUT2D eigenvalue weighted by Gasteiger charge is -2.30. The fraction of sp³-hybridized carbons (Fsp3) is 0.667. The van der Waals surface area contributed by atoms with Crippen molar-refractivity contribution >= 4 is 46.0 Å². The Labute approximate surface area is 154 Å². The Morgan fingerprint density at radius 1 is 1.28 bits per heavy atom. The highest BCUT2D eigenvalue weighted by Gasteiger charge is 2.28. The highest BCUT2D eigenvalue weighted by molar-refractivity contribution is 8.00. The summed E-state index contributed by atoms with van der Waals surface area (Å²) < 4.78 is 5.79. The third-order valence-corrected chi connectivity index (χ3v) is 5.68. The number of thioether (sulfide) groups is 1. The number of carbonyl (C=O) groups excluding carboxylic acids is 3. The minimum absolute atomic E-state index is 0.0699. The molecule has 1 aromatic rings. The maximum absolute atomic E-state index is 12.2. The number of carbonyl (C=O) groups is 3. The van der Waals surface area contributed by atoms with Gasteiger partial charge in [-0.15, -0.1) is 10.2 Å². The first kappa shape index (κ1) is 19.6. The standard InChI is InChI=1S/C15H22N4O4S2/c1-3-23-13(22)10-6-8-19(9-7-10)12(21)5-4-11(20)16-14-17-18-15(24-2)25-14/h10H,3-9H2,1-2H3,(H,16,17,20). The molecule has 1 aliphatic heterocycles. The van der Waals surface area contributed by atoms with Gasteiger partial charge in [0.1, 0.15) is 0 Å². The summed E-state index contributed by atoms with van der Waals surface area (Å²) in [7, 11) is 0. The molecule has 8 nitrogen and oxygen atoms in total. The van der Waals surface area contributed by atoms with Gasteiger partial charge in [0.15, 0.2) is 4.34 Å². The molecule has 1 saturated heterocycles. The molecule has 10 heteroatoms. The van der Waals surface area contributed by atoms with Crippen LogP contribution in [0.2, 0.25) is 0 Å². The molecule has 0 aromatic carbocycles. The van der Waals surface area contributed by atoms with Crippen molar-refractivity contribution < 1.29 is 19.1 Å². The molecule has 138 valence electrons. The predicted octanol–water partition coefficient (Wildman–Crippen LogP) is 1.78. The third-order valence-electron chi connectivity index (χ3n) is 3.86. The molecule has 2 heterocycles. The maximum atomic E-state index is 12.2. The second kappa shape index (κ2) is 9.71. The quantitative estimate of drug-likeness (QED) is 0.433. The molecule has 1 aromatic heterocycles. The van der Waals surface area contributed by atoms with E-state index >= 15 is 0 Å². The van der Waals surface area contributed by atoms with E-state index < -0.39 is 0 Å². The number of anilines is 1. The Balaban J connectivity index is 1.70. The molecule has 1 fully saturated rings. The number of esters is 1. The van der Waals surface area contributed by atoms with E-state index in [0.717, 1.165) is 4.34 Å². The van der Waals surface area contributed by atoms with Gasteiger partial charge in [-0.25, -0.2) is 0 Å². The zero-order chi connectivity index (χ0) is 18.2. The van der Waals surface area contributed by atoms with Crippen LogP contribution in [0, 0.1) is 5.92 Å². The van der Waals surface area contributed by atoms with E-state index in [1.54, 1.807) is 11.8 Å². The van der Waals surface area contributed by atoms with Crippen LogP contribution in [0.5, 0.6) is 0 Å². The number of rotatable bonds is 7. The predicted molar refractivity (Wildman–Crippen MR) is 95.5 cm³/mol. The first-order valence-electron chi connectivity index (χ1n) is 8.15. The van der Waals surface area contributed by atoms with E-state index in [9.17, 15) is 14.4 Å². The Morgan fingerprint density at radius 3 is 2.60 bits per heavy atom. The van der Waals surface area contributed by atoms with Crippen LogP contribution in [0.15, 0.2) is 4.34 Å². The van der Waals surface area contributed by atoms with Gasteiger partial charge in [-0.3, -0.25) is 14.4 Å². The maximum Gasteiger partial charge on any atom is 0.309 e. The smallest absolute Gasteiger partial charge is 0.309 e. The molecule has 0 atom stereocenters. The van der Waals surface area contributed by atoms with Crippen molar-refractivity contribution in [2.75, 3.05) is 31.3 Å². The third kappa shape index (κ3) is 5.96. The van der Waals surface area contributed by atoms with E-state index in [2.05, 4.69) is 15.5 Å². The van der Waals surface area contributed by atoms with Gasteiger partial charge in [-0.1, -0.05) is 23.1 Å². The number of piperidine rings is 1. The normalized spacial score (nSPS) is 15.0. The van der Waals surface area contributed by atoms with Crippen molar-refractivity contribution in [1.29, 1.82) is 0 Å². The summed E-state index contributed by atoms with van der Waals surface area (Å²) in [4.78, 5) is 37.5. The van der Waals surface area contributed by atoms with E-state index in [-0.39, 0.29) is 36.5 Å². The minimum atomic E-state index is -0.251. The minimum Gasteiger partial charge on any atom is -0.466 e. The SMILES string of the molecule is CCOC(=O)C1CCN(C(=O)CCC(=O)Nc2nnc(SC)s2)CC1. The van der Waals surface area contributed by atoms with Gasteiger partial charge in [-0.05, 0) is 26.0 Å². The largest absolute Gasteiger partial charge is 0.466 e. The van der Waals surface area contributed by atoms with E-state index in [4.69, 9.17) is 4.74 Å². The monoisotopic (exact) mass is 386 g/mol. The molecule has 0 aliphatic carbocycles. The molecule has 0 unspecified atom stereocenters. The number of amides is 2. The lowest BCUT2D eigenvalue weighted by atomic mass is 9.96. The molecule has 0 spiro atoms. The van der Waals surface area contributed by atoms with Gasteiger partial charge in [0.2, 0.25) is 16.9 Å². The summed E-state index contributed by atoms with van der Waals surface area (Å²) in [6, 6.07) is 0. The number of nitrogens with zero attached hydrogens (tertiary/aromatic N) is 3. The van der Waals surface area contributed by atoms with Crippen molar-refractivity contribution in [2.24, 2.45) is 5.92 Å². The number of ether oxygens (including phenoxy) is 1. The molecular weight excluding hydrogens is 364 g/mol. The Kier molecular flexibility index (Phi) is 7.63. The van der Waals surface area contributed by atoms with Crippen molar-refractivity contribution in [3.05, 3.63) is 0 Å². The summed E-state index contributed by atoms with van der Waals surface area (Å²) in [6.45, 7) is 3.21. The molecule has 1 N–H and O–H groups in total. The summed E-state index contributed by atoms with van der Waals surface area (Å²) in [5.74, 6) is -0.635. The zero-order valence-electron chi connectivity index (χ0n) is 14.3. The van der Waals surface area contributed by atoms with Crippen LogP contribution in [0.3, 0.4) is 0 Å². The number of hydrogen-bond acceptors (Lipinski definition) is 8. The van der Waals surface area contributed by atoms with Crippen LogP contribution < -0.4 is 5.32 Å². The van der Waals surface area contributed by atoms with Crippen molar-refractivity contribution in [1.82, 2.24) is 15.1 Å². The Bertz CT molecular complexity index is 614. The summed E-state index contributed by atoms with van der Waals surface area (Å²) >= 11 is 2.76. The molecule has 2 amide bonds. The second-order valence-corrected chi connectivity index (χ2v) is 7.56. The lowest BCUT2D eigenvalue weighted by molar-refractivity contribution is -0.151. The summed E-state index contributed by atoms with van der Waals surface area (Å²) in [5, 5.41) is 10.8. The van der Waals surface area contributed by atoms with Gasteiger partial charge in [0, 0.05) is 25.9 Å². The fourth-order valence-corrected chi connectivity index (χ4v) is 3.71. The molecule has 25 heavy (non-hydrogen) atoms. The number of aromatic nitrogens is 2. The molecular formula is C15H22N4O4S2. The van der Waals surface area contributed by atoms with Crippen LogP contribution in [0.25, 0.3) is 0 Å². The van der Waals surface area contributed by atoms with Gasteiger partial charge < -0.3 is 15.0 Å². The first-order chi connectivity index (χ1) is 12.0. The summed E-state index contributed by atoms with van der Waals surface area (Å²) in [6.07, 6.45) is 3.35. The second-order valence-electron chi connectivity index (χ2n) is 5.53. The van der Waals surface area contributed by atoms with Crippen LogP contribution >= 0.6 is 23.1 Å². The van der Waals surface area contributed by atoms with Gasteiger partial charge >= 0.3 is 5.97 Å². The van der Waals surface area contributed by atoms with Gasteiger partial charge in [0.05, 0.1) is 12.5 Å². The van der Waals surface area contributed by atoms with E-state index in [1.807, 2.05) is 6.26 Å². The zero-order valence-corrected chi connectivity index (χ0v) is 16.0. The topological polar surface area (TPSA) is 101 Å². The van der Waals surface area contributed by atoms with Crippen molar-refractivity contribution in [3.8, 4) is 0 Å². The van der Waals surface area contributed by atoms with Crippen LogP contribution in [-0.2, 0) is 19.1 Å². The van der Waals surface area contributed by atoms with Crippen molar-refractivity contribution in [2.45, 2.75) is 36.9 Å². The number of hydrogen-bond donors (Lipinski definition) is 1. The molecule has 2 rings (SSSR count). The van der Waals surface area contributed by atoms with Crippen LogP contribution in [-0.4, -0.2) is 58.8 Å². The summed E-state index contributed by atoms with van der Waals surface area (Å²) in [5.41, 5.74) is 0. The highest BCUT2D eigenvalue weighted by atomic mass is 32.2. The average Bonchev–Trinajstić information content (AvgIpc) is 3.07. The van der Waals surface area contributed by atoms with Crippen molar-refractivity contribution in [3.63, 3.8) is 0 Å². The molecule has 0 radical (unpaired) electrons. The highest BCUT2D eigenvalue weighted by Crippen LogP contribution is 2.23. The Morgan fingerprint density at radius 2 is 2.00 bits per heavy atom. The van der Waals surface area contributed by atoms with Crippen LogP contribution in [0.1, 0.15) is 32.6 Å². The Hall–Kier alpha value is -1.68. The lowest BCUT2D eigenvalue weighted by Crippen LogP contribution is -2.40. The van der Waals surface area contributed by atoms with E-state index in [0.29, 0.717) is 37.7 Å². The van der Waals surface area contributed by atoms with Gasteiger partial charge in [0.25, 0.3) is 0 Å².